The van der Waals surface area contributed by atoms with Crippen molar-refractivity contribution in [2.75, 3.05) is 0 Å². The quantitative estimate of drug-likeness (QED) is 0.759. The normalized spacial score (nSPS) is 17.3. The summed E-state index contributed by atoms with van der Waals surface area (Å²) in [5.41, 5.74) is 1.68. The molecule has 0 bridgehead atoms. The van der Waals surface area contributed by atoms with Crippen molar-refractivity contribution >= 4 is 56.5 Å². The predicted octanol–water partition coefficient (Wildman–Crippen LogP) is 4.04. The van der Waals surface area contributed by atoms with Crippen LogP contribution in [0.2, 0.25) is 0 Å². The van der Waals surface area contributed by atoms with Crippen LogP contribution < -0.4 is 5.32 Å². The zero-order chi connectivity index (χ0) is 17.1. The first-order valence-corrected chi connectivity index (χ1v) is 8.51. The van der Waals surface area contributed by atoms with Crippen molar-refractivity contribution in [2.45, 2.75) is 0 Å². The zero-order valence-electron chi connectivity index (χ0n) is 12.2. The summed E-state index contributed by atoms with van der Waals surface area (Å²) in [6.07, 6.45) is 1.70. The molecule has 0 radical (unpaired) electrons. The number of nitrogens with one attached hydrogen (secondary N) is 1. The number of amidine groups is 1. The minimum absolute atomic E-state index is 0.205. The fourth-order valence-electron chi connectivity index (χ4n) is 2.01. The Morgan fingerprint density at radius 2 is 1.88 bits per heavy atom. The van der Waals surface area contributed by atoms with Crippen molar-refractivity contribution in [3.8, 4) is 0 Å². The third-order valence-electron chi connectivity index (χ3n) is 3.18. The minimum Gasteiger partial charge on any atom is -0.478 e. The molecule has 1 fully saturated rings. The molecule has 120 valence electrons. The lowest BCUT2D eigenvalue weighted by molar-refractivity contribution is -0.115. The molecule has 3 rings (SSSR count). The number of carboxylic acids is 1. The number of thioether (sulfide) groups is 1. The van der Waals surface area contributed by atoms with E-state index in [2.05, 4.69) is 26.2 Å². The molecular formula is C17H11BrN2O3S. The van der Waals surface area contributed by atoms with E-state index in [4.69, 9.17) is 5.11 Å². The standard InChI is InChI=1S/C17H11BrN2O3S/c18-12-3-1-2-4-13(12)19-17-20-15(21)14(24-17)9-10-5-7-11(8-6-10)16(22)23/h1-9H,(H,22,23)(H,19,20,21). The smallest absolute Gasteiger partial charge is 0.335 e. The third kappa shape index (κ3) is 3.74. The summed E-state index contributed by atoms with van der Waals surface area (Å²) >= 11 is 4.66. The van der Waals surface area contributed by atoms with Crippen LogP contribution in [0, 0.1) is 0 Å². The lowest BCUT2D eigenvalue weighted by Gasteiger charge is -1.98. The second-order valence-corrected chi connectivity index (χ2v) is 6.75. The van der Waals surface area contributed by atoms with Gasteiger partial charge in [-0.2, -0.15) is 0 Å². The Morgan fingerprint density at radius 3 is 2.54 bits per heavy atom. The van der Waals surface area contributed by atoms with E-state index in [1.807, 2.05) is 24.3 Å². The summed E-state index contributed by atoms with van der Waals surface area (Å²) in [6.45, 7) is 0. The van der Waals surface area contributed by atoms with Crippen LogP contribution in [0.1, 0.15) is 15.9 Å². The van der Waals surface area contributed by atoms with Gasteiger partial charge in [0.2, 0.25) is 0 Å². The Hall–Kier alpha value is -2.38. The van der Waals surface area contributed by atoms with Gasteiger partial charge in [-0.3, -0.25) is 4.79 Å². The van der Waals surface area contributed by atoms with Crippen LogP contribution in [0.4, 0.5) is 5.69 Å². The van der Waals surface area contributed by atoms with E-state index in [1.165, 1.54) is 23.9 Å². The van der Waals surface area contributed by atoms with E-state index < -0.39 is 5.97 Å². The first-order valence-electron chi connectivity index (χ1n) is 6.90. The van der Waals surface area contributed by atoms with Gasteiger partial charge >= 0.3 is 5.97 Å². The molecular weight excluding hydrogens is 392 g/mol. The number of amides is 1. The molecule has 7 heteroatoms. The molecule has 2 aromatic carbocycles. The second kappa shape index (κ2) is 7.02. The molecule has 1 saturated heterocycles. The maximum atomic E-state index is 12.1. The summed E-state index contributed by atoms with van der Waals surface area (Å²) in [4.78, 5) is 27.8. The number of carbonyl (C=O) groups is 2. The number of aromatic carboxylic acids is 1. The molecule has 0 aromatic heterocycles. The average molecular weight is 403 g/mol. The number of hydrogen-bond acceptors (Lipinski definition) is 4. The van der Waals surface area contributed by atoms with Gasteiger partial charge in [0, 0.05) is 4.47 Å². The van der Waals surface area contributed by atoms with Gasteiger partial charge < -0.3 is 10.4 Å². The summed E-state index contributed by atoms with van der Waals surface area (Å²) in [5, 5.41) is 12.1. The Balaban J connectivity index is 1.82. The topological polar surface area (TPSA) is 78.8 Å². The van der Waals surface area contributed by atoms with Gasteiger partial charge in [0.05, 0.1) is 16.2 Å². The first kappa shape index (κ1) is 16.5. The van der Waals surface area contributed by atoms with Crippen LogP contribution in [-0.2, 0) is 4.79 Å². The number of para-hydroxylation sites is 1. The van der Waals surface area contributed by atoms with Crippen LogP contribution >= 0.6 is 27.7 Å². The highest BCUT2D eigenvalue weighted by atomic mass is 79.9. The van der Waals surface area contributed by atoms with Crippen LogP contribution in [0.5, 0.6) is 0 Å². The molecule has 1 aliphatic rings. The van der Waals surface area contributed by atoms with E-state index in [9.17, 15) is 9.59 Å². The predicted molar refractivity (Wildman–Crippen MR) is 98.3 cm³/mol. The highest BCUT2D eigenvalue weighted by Crippen LogP contribution is 2.30. The van der Waals surface area contributed by atoms with Crippen molar-refractivity contribution < 1.29 is 14.7 Å². The molecule has 1 amide bonds. The van der Waals surface area contributed by atoms with E-state index in [-0.39, 0.29) is 11.5 Å². The molecule has 0 unspecified atom stereocenters. The van der Waals surface area contributed by atoms with Crippen molar-refractivity contribution in [2.24, 2.45) is 4.99 Å². The summed E-state index contributed by atoms with van der Waals surface area (Å²) in [7, 11) is 0. The molecule has 0 aliphatic carbocycles. The molecule has 1 aliphatic heterocycles. The van der Waals surface area contributed by atoms with Gasteiger partial charge in [0.1, 0.15) is 0 Å². The Kier molecular flexibility index (Phi) is 4.82. The van der Waals surface area contributed by atoms with Gasteiger partial charge in [-0.15, -0.1) is 0 Å². The molecule has 2 N–H and O–H groups in total. The Labute approximate surface area is 150 Å². The number of benzene rings is 2. The maximum absolute atomic E-state index is 12.1. The highest BCUT2D eigenvalue weighted by molar-refractivity contribution is 9.10. The Morgan fingerprint density at radius 1 is 1.17 bits per heavy atom. The van der Waals surface area contributed by atoms with Crippen molar-refractivity contribution in [3.63, 3.8) is 0 Å². The van der Waals surface area contributed by atoms with Crippen LogP contribution in [0.3, 0.4) is 0 Å². The Bertz CT molecular complexity index is 876. The summed E-state index contributed by atoms with van der Waals surface area (Å²) in [6, 6.07) is 13.8. The number of carbonyl (C=O) groups excluding carboxylic acids is 1. The van der Waals surface area contributed by atoms with Gasteiger partial charge in [0.25, 0.3) is 5.91 Å². The number of carboxylic acid groups (broad SMARTS) is 1. The number of halogens is 1. The van der Waals surface area contributed by atoms with Crippen molar-refractivity contribution in [1.82, 2.24) is 5.32 Å². The van der Waals surface area contributed by atoms with Gasteiger partial charge in [-0.1, -0.05) is 24.3 Å². The summed E-state index contributed by atoms with van der Waals surface area (Å²) < 4.78 is 0.842. The van der Waals surface area contributed by atoms with Gasteiger partial charge in [0.15, 0.2) is 5.17 Å². The highest BCUT2D eigenvalue weighted by Gasteiger charge is 2.24. The number of hydrogen-bond donors (Lipinski definition) is 2. The maximum Gasteiger partial charge on any atom is 0.335 e. The molecule has 0 saturated carbocycles. The van der Waals surface area contributed by atoms with E-state index in [1.54, 1.807) is 18.2 Å². The number of aliphatic imine (C=N–C) groups is 1. The van der Waals surface area contributed by atoms with Crippen molar-refractivity contribution in [1.29, 1.82) is 0 Å². The van der Waals surface area contributed by atoms with E-state index in [0.29, 0.717) is 10.1 Å². The van der Waals surface area contributed by atoms with Gasteiger partial charge in [-0.05, 0) is 63.6 Å². The number of nitrogens with zero attached hydrogens (tertiary/aromatic N) is 1. The molecule has 2 aromatic rings. The van der Waals surface area contributed by atoms with Crippen LogP contribution in [0.25, 0.3) is 6.08 Å². The zero-order valence-corrected chi connectivity index (χ0v) is 14.6. The molecule has 1 heterocycles. The number of rotatable bonds is 3. The fourth-order valence-corrected chi connectivity index (χ4v) is 3.21. The summed E-state index contributed by atoms with van der Waals surface area (Å²) in [5.74, 6) is -1.21. The monoisotopic (exact) mass is 402 g/mol. The molecule has 5 nitrogen and oxygen atoms in total. The fraction of sp³-hybridized carbons (Fsp3) is 0. The van der Waals surface area contributed by atoms with E-state index in [0.717, 1.165) is 15.7 Å². The molecule has 24 heavy (non-hydrogen) atoms. The third-order valence-corrected chi connectivity index (χ3v) is 4.76. The molecule has 0 atom stereocenters. The SMILES string of the molecule is O=C1NC(=Nc2ccccc2Br)SC1=Cc1ccc(C(=O)O)cc1. The van der Waals surface area contributed by atoms with Gasteiger partial charge in [-0.25, -0.2) is 9.79 Å². The van der Waals surface area contributed by atoms with Crippen molar-refractivity contribution in [3.05, 3.63) is 69.0 Å². The van der Waals surface area contributed by atoms with Crippen LogP contribution in [0.15, 0.2) is 62.9 Å². The first-order chi connectivity index (χ1) is 11.5. The minimum atomic E-state index is -0.981. The average Bonchev–Trinajstić information content (AvgIpc) is 2.90. The lowest BCUT2D eigenvalue weighted by atomic mass is 10.1. The lowest BCUT2D eigenvalue weighted by Crippen LogP contribution is -2.19. The second-order valence-electron chi connectivity index (χ2n) is 4.86. The largest absolute Gasteiger partial charge is 0.478 e. The molecule has 0 spiro atoms. The van der Waals surface area contributed by atoms with E-state index >= 15 is 0 Å². The van der Waals surface area contributed by atoms with Crippen LogP contribution in [-0.4, -0.2) is 22.2 Å².